The van der Waals surface area contributed by atoms with Gasteiger partial charge >= 0.3 is 0 Å². The molecule has 0 aliphatic carbocycles. The molecule has 0 heterocycles. The second kappa shape index (κ2) is 7.88. The average molecular weight is 324 g/mol. The normalized spacial score (nSPS) is 11.1. The molecule has 0 bridgehead atoms. The number of anilines is 1. The van der Waals surface area contributed by atoms with Crippen LogP contribution in [0.3, 0.4) is 0 Å². The molecule has 0 saturated heterocycles. The van der Waals surface area contributed by atoms with Crippen LogP contribution in [-0.4, -0.2) is 18.2 Å². The fourth-order valence-electron chi connectivity index (χ4n) is 2.71. The molecular formula is C20H24N2O2. The van der Waals surface area contributed by atoms with Crippen LogP contribution in [0, 0.1) is 5.41 Å². The third-order valence-corrected chi connectivity index (χ3v) is 4.64. The van der Waals surface area contributed by atoms with Crippen molar-refractivity contribution in [1.82, 2.24) is 0 Å². The number of hydrogen-bond donors (Lipinski definition) is 2. The number of hydrogen-bond acceptors (Lipinski definition) is 3. The molecule has 2 aromatic carbocycles. The Morgan fingerprint density at radius 1 is 0.958 bits per heavy atom. The van der Waals surface area contributed by atoms with E-state index in [1.54, 1.807) is 36.4 Å². The van der Waals surface area contributed by atoms with Crippen LogP contribution in [0.15, 0.2) is 54.6 Å². The minimum absolute atomic E-state index is 0.0669. The molecule has 0 saturated carbocycles. The number of benzene rings is 2. The lowest BCUT2D eigenvalue weighted by Crippen LogP contribution is -2.41. The lowest BCUT2D eigenvalue weighted by atomic mass is 9.81. The SMILES string of the molecule is CCC(CC)(CN)C(=O)Nc1cccc(C(=O)c2ccccc2)c1. The van der Waals surface area contributed by atoms with E-state index >= 15 is 0 Å². The molecule has 3 N–H and O–H groups in total. The van der Waals surface area contributed by atoms with Gasteiger partial charge in [0.25, 0.3) is 0 Å². The van der Waals surface area contributed by atoms with E-state index in [1.165, 1.54) is 0 Å². The van der Waals surface area contributed by atoms with E-state index in [2.05, 4.69) is 5.32 Å². The maximum Gasteiger partial charge on any atom is 0.231 e. The Hall–Kier alpha value is -2.46. The van der Waals surface area contributed by atoms with E-state index in [9.17, 15) is 9.59 Å². The Morgan fingerprint density at radius 2 is 1.58 bits per heavy atom. The molecule has 2 aromatic rings. The smallest absolute Gasteiger partial charge is 0.231 e. The lowest BCUT2D eigenvalue weighted by Gasteiger charge is -2.28. The van der Waals surface area contributed by atoms with Crippen LogP contribution in [-0.2, 0) is 4.79 Å². The Kier molecular flexibility index (Phi) is 5.88. The molecule has 24 heavy (non-hydrogen) atoms. The van der Waals surface area contributed by atoms with Gasteiger partial charge in [-0.25, -0.2) is 0 Å². The fourth-order valence-corrected chi connectivity index (χ4v) is 2.71. The minimum Gasteiger partial charge on any atom is -0.329 e. The third kappa shape index (κ3) is 3.71. The predicted molar refractivity (Wildman–Crippen MR) is 97.0 cm³/mol. The van der Waals surface area contributed by atoms with Crippen LogP contribution in [0.2, 0.25) is 0 Å². The highest BCUT2D eigenvalue weighted by atomic mass is 16.2. The minimum atomic E-state index is -0.570. The van der Waals surface area contributed by atoms with Gasteiger partial charge in [-0.15, -0.1) is 0 Å². The number of carbonyl (C=O) groups excluding carboxylic acids is 2. The van der Waals surface area contributed by atoms with E-state index < -0.39 is 5.41 Å². The number of carbonyl (C=O) groups is 2. The summed E-state index contributed by atoms with van der Waals surface area (Å²) in [6, 6.07) is 16.1. The maximum atomic E-state index is 12.6. The van der Waals surface area contributed by atoms with Gasteiger partial charge in [0.1, 0.15) is 0 Å². The summed E-state index contributed by atoms with van der Waals surface area (Å²) in [5, 5.41) is 2.91. The molecule has 0 radical (unpaired) electrons. The second-order valence-electron chi connectivity index (χ2n) is 5.92. The standard InChI is InChI=1S/C20H24N2O2/c1-3-20(4-2,14-21)19(24)22-17-12-8-11-16(13-17)18(23)15-9-6-5-7-10-15/h5-13H,3-4,14,21H2,1-2H3,(H,22,24). The topological polar surface area (TPSA) is 72.2 Å². The summed E-state index contributed by atoms with van der Waals surface area (Å²) in [5.74, 6) is -0.165. The molecule has 0 aliphatic heterocycles. The molecule has 0 atom stereocenters. The molecular weight excluding hydrogens is 300 g/mol. The van der Waals surface area contributed by atoms with Crippen LogP contribution < -0.4 is 11.1 Å². The monoisotopic (exact) mass is 324 g/mol. The van der Waals surface area contributed by atoms with Gasteiger partial charge in [-0.2, -0.15) is 0 Å². The van der Waals surface area contributed by atoms with Crippen LogP contribution in [0.5, 0.6) is 0 Å². The molecule has 1 amide bonds. The van der Waals surface area contributed by atoms with E-state index in [1.807, 2.05) is 32.0 Å². The molecule has 126 valence electrons. The Bertz CT molecular complexity index is 698. The highest BCUT2D eigenvalue weighted by Crippen LogP contribution is 2.27. The van der Waals surface area contributed by atoms with Gasteiger partial charge in [0.15, 0.2) is 5.78 Å². The number of ketones is 1. The first kappa shape index (κ1) is 17.9. The Morgan fingerprint density at radius 3 is 2.17 bits per heavy atom. The first-order chi connectivity index (χ1) is 11.6. The van der Waals surface area contributed by atoms with Gasteiger partial charge in [-0.1, -0.05) is 56.3 Å². The highest BCUT2D eigenvalue weighted by molar-refractivity contribution is 6.09. The zero-order chi connectivity index (χ0) is 17.6. The van der Waals surface area contributed by atoms with Gasteiger partial charge in [0, 0.05) is 23.4 Å². The zero-order valence-corrected chi connectivity index (χ0v) is 14.2. The summed E-state index contributed by atoms with van der Waals surface area (Å²) < 4.78 is 0. The fraction of sp³-hybridized carbons (Fsp3) is 0.300. The van der Waals surface area contributed by atoms with Crippen molar-refractivity contribution in [1.29, 1.82) is 0 Å². The van der Waals surface area contributed by atoms with Gasteiger partial charge < -0.3 is 11.1 Å². The largest absolute Gasteiger partial charge is 0.329 e. The van der Waals surface area contributed by atoms with Crippen LogP contribution in [0.4, 0.5) is 5.69 Å². The van der Waals surface area contributed by atoms with Crippen LogP contribution >= 0.6 is 0 Å². The molecule has 4 heteroatoms. The van der Waals surface area contributed by atoms with Crippen molar-refractivity contribution in [3.05, 3.63) is 65.7 Å². The van der Waals surface area contributed by atoms with E-state index in [-0.39, 0.29) is 11.7 Å². The molecule has 0 fully saturated rings. The second-order valence-corrected chi connectivity index (χ2v) is 5.92. The number of nitrogens with one attached hydrogen (secondary N) is 1. The van der Waals surface area contributed by atoms with Crippen molar-refractivity contribution in [3.8, 4) is 0 Å². The van der Waals surface area contributed by atoms with Crippen molar-refractivity contribution < 1.29 is 9.59 Å². The lowest BCUT2D eigenvalue weighted by molar-refractivity contribution is -0.125. The van der Waals surface area contributed by atoms with Crippen molar-refractivity contribution >= 4 is 17.4 Å². The summed E-state index contributed by atoms with van der Waals surface area (Å²) in [4.78, 5) is 25.1. The summed E-state index contributed by atoms with van der Waals surface area (Å²) in [5.41, 5.74) is 7.04. The summed E-state index contributed by atoms with van der Waals surface area (Å²) in [6.45, 7) is 4.23. The number of nitrogens with two attached hydrogens (primary N) is 1. The van der Waals surface area contributed by atoms with Crippen molar-refractivity contribution in [3.63, 3.8) is 0 Å². The van der Waals surface area contributed by atoms with Crippen LogP contribution in [0.25, 0.3) is 0 Å². The number of rotatable bonds is 7. The Labute approximate surface area is 143 Å². The summed E-state index contributed by atoms with van der Waals surface area (Å²) in [7, 11) is 0. The van der Waals surface area contributed by atoms with E-state index in [0.717, 1.165) is 0 Å². The van der Waals surface area contributed by atoms with Gasteiger partial charge in [-0.05, 0) is 25.0 Å². The van der Waals surface area contributed by atoms with Gasteiger partial charge in [0.2, 0.25) is 5.91 Å². The molecule has 0 unspecified atom stereocenters. The first-order valence-corrected chi connectivity index (χ1v) is 8.27. The van der Waals surface area contributed by atoms with Crippen LogP contribution in [0.1, 0.15) is 42.6 Å². The molecule has 4 nitrogen and oxygen atoms in total. The quantitative estimate of drug-likeness (QED) is 0.764. The summed E-state index contributed by atoms with van der Waals surface area (Å²) in [6.07, 6.45) is 1.35. The van der Waals surface area contributed by atoms with E-state index in [0.29, 0.717) is 36.2 Å². The van der Waals surface area contributed by atoms with E-state index in [4.69, 9.17) is 5.73 Å². The molecule has 0 aliphatic rings. The average Bonchev–Trinajstić information content (AvgIpc) is 2.64. The first-order valence-electron chi connectivity index (χ1n) is 8.27. The predicted octanol–water partition coefficient (Wildman–Crippen LogP) is 3.62. The molecule has 0 spiro atoms. The summed E-state index contributed by atoms with van der Waals surface area (Å²) >= 11 is 0. The highest BCUT2D eigenvalue weighted by Gasteiger charge is 2.33. The van der Waals surface area contributed by atoms with Gasteiger partial charge in [-0.3, -0.25) is 9.59 Å². The van der Waals surface area contributed by atoms with Crippen molar-refractivity contribution in [2.24, 2.45) is 11.1 Å². The van der Waals surface area contributed by atoms with Gasteiger partial charge in [0.05, 0.1) is 5.41 Å². The maximum absolute atomic E-state index is 12.6. The Balaban J connectivity index is 2.22. The number of amides is 1. The third-order valence-electron chi connectivity index (χ3n) is 4.64. The van der Waals surface area contributed by atoms with Crippen molar-refractivity contribution in [2.75, 3.05) is 11.9 Å². The molecule has 2 rings (SSSR count). The molecule has 0 aromatic heterocycles. The zero-order valence-electron chi connectivity index (χ0n) is 14.2. The van der Waals surface area contributed by atoms with Crippen molar-refractivity contribution in [2.45, 2.75) is 26.7 Å².